The van der Waals surface area contributed by atoms with Gasteiger partial charge in [0.1, 0.15) is 11.5 Å². The molecule has 0 aliphatic rings. The smallest absolute Gasteiger partial charge is 0.268 e. The number of hydrogen-bond donors (Lipinski definition) is 1. The fraction of sp³-hybridized carbons (Fsp3) is 0.200. The second-order valence-corrected chi connectivity index (χ2v) is 5.89. The number of amides is 1. The number of carbonyl (C=O) groups excluding carboxylic acids is 1. The van der Waals surface area contributed by atoms with Gasteiger partial charge in [-0.05, 0) is 49.2 Å². The summed E-state index contributed by atoms with van der Waals surface area (Å²) in [6.07, 6.45) is 5.36. The molecule has 128 valence electrons. The summed E-state index contributed by atoms with van der Waals surface area (Å²) >= 11 is 0. The molecular formula is C20H20FN3O. The number of benzene rings is 1. The largest absolute Gasteiger partial charge is 0.344 e. The van der Waals surface area contributed by atoms with Gasteiger partial charge in [0.05, 0.1) is 6.04 Å². The summed E-state index contributed by atoms with van der Waals surface area (Å²) in [7, 11) is 0. The summed E-state index contributed by atoms with van der Waals surface area (Å²) in [4.78, 5) is 16.8. The van der Waals surface area contributed by atoms with Crippen LogP contribution in [0.15, 0.2) is 61.1 Å². The molecule has 3 rings (SSSR count). The van der Waals surface area contributed by atoms with Crippen LogP contribution in [0, 0.1) is 5.82 Å². The van der Waals surface area contributed by atoms with E-state index in [4.69, 9.17) is 0 Å². The molecule has 1 aromatic carbocycles. The van der Waals surface area contributed by atoms with Gasteiger partial charge in [0.15, 0.2) is 0 Å². The van der Waals surface area contributed by atoms with Gasteiger partial charge in [0.25, 0.3) is 5.91 Å². The predicted octanol–water partition coefficient (Wildman–Crippen LogP) is 4.20. The van der Waals surface area contributed by atoms with Gasteiger partial charge in [0, 0.05) is 30.7 Å². The van der Waals surface area contributed by atoms with Crippen molar-refractivity contribution in [2.75, 3.05) is 0 Å². The van der Waals surface area contributed by atoms with Crippen molar-refractivity contribution in [3.8, 4) is 11.1 Å². The molecule has 0 aliphatic heterocycles. The molecule has 1 unspecified atom stereocenters. The molecule has 1 atom stereocenters. The monoisotopic (exact) mass is 337 g/mol. The first-order valence-electron chi connectivity index (χ1n) is 8.25. The van der Waals surface area contributed by atoms with Crippen LogP contribution in [0.5, 0.6) is 0 Å². The summed E-state index contributed by atoms with van der Waals surface area (Å²) in [6.45, 7) is 4.58. The summed E-state index contributed by atoms with van der Waals surface area (Å²) in [5.41, 5.74) is 3.30. The Bertz CT molecular complexity index is 856. The highest BCUT2D eigenvalue weighted by Crippen LogP contribution is 2.23. The Morgan fingerprint density at radius 3 is 2.64 bits per heavy atom. The Kier molecular flexibility index (Phi) is 4.93. The highest BCUT2D eigenvalue weighted by Gasteiger charge is 2.17. The number of aryl methyl sites for hydroxylation is 1. The van der Waals surface area contributed by atoms with E-state index in [0.717, 1.165) is 16.7 Å². The maximum Gasteiger partial charge on any atom is 0.268 e. The quantitative estimate of drug-likeness (QED) is 0.758. The lowest BCUT2D eigenvalue weighted by Gasteiger charge is -2.14. The third kappa shape index (κ3) is 3.76. The molecule has 0 radical (unpaired) electrons. The lowest BCUT2D eigenvalue weighted by molar-refractivity contribution is 0.0930. The van der Waals surface area contributed by atoms with Crippen molar-refractivity contribution in [1.82, 2.24) is 14.9 Å². The Morgan fingerprint density at radius 2 is 2.00 bits per heavy atom. The van der Waals surface area contributed by atoms with Gasteiger partial charge < -0.3 is 9.88 Å². The summed E-state index contributed by atoms with van der Waals surface area (Å²) in [5, 5.41) is 3.00. The maximum absolute atomic E-state index is 13.1. The van der Waals surface area contributed by atoms with Crippen LogP contribution in [-0.2, 0) is 6.54 Å². The molecule has 4 nitrogen and oxygen atoms in total. The van der Waals surface area contributed by atoms with Crippen LogP contribution in [-0.4, -0.2) is 15.5 Å². The van der Waals surface area contributed by atoms with Crippen LogP contribution >= 0.6 is 0 Å². The van der Waals surface area contributed by atoms with Gasteiger partial charge in [-0.1, -0.05) is 18.2 Å². The van der Waals surface area contributed by atoms with Crippen molar-refractivity contribution >= 4 is 5.91 Å². The number of aromatic nitrogens is 2. The van der Waals surface area contributed by atoms with Gasteiger partial charge in [-0.3, -0.25) is 9.78 Å². The van der Waals surface area contributed by atoms with E-state index in [9.17, 15) is 9.18 Å². The van der Waals surface area contributed by atoms with E-state index < -0.39 is 0 Å². The molecule has 1 N–H and O–H groups in total. The second-order valence-electron chi connectivity index (χ2n) is 5.89. The van der Waals surface area contributed by atoms with E-state index in [1.54, 1.807) is 24.5 Å². The number of halogens is 1. The van der Waals surface area contributed by atoms with Crippen molar-refractivity contribution < 1.29 is 9.18 Å². The third-order valence-corrected chi connectivity index (χ3v) is 4.18. The molecule has 1 amide bonds. The molecule has 0 saturated heterocycles. The lowest BCUT2D eigenvalue weighted by atomic mass is 10.1. The Labute approximate surface area is 146 Å². The van der Waals surface area contributed by atoms with E-state index in [1.165, 1.54) is 12.1 Å². The van der Waals surface area contributed by atoms with E-state index >= 15 is 0 Å². The minimum absolute atomic E-state index is 0.143. The molecule has 5 heteroatoms. The van der Waals surface area contributed by atoms with E-state index in [2.05, 4.69) is 10.3 Å². The van der Waals surface area contributed by atoms with Crippen LogP contribution in [0.2, 0.25) is 0 Å². The SMILES string of the molecule is CCn1cc(-c2ccc(F)cc2)cc1C(=O)NC(C)c1cccnc1. The van der Waals surface area contributed by atoms with Crippen LogP contribution < -0.4 is 5.32 Å². The molecule has 25 heavy (non-hydrogen) atoms. The summed E-state index contributed by atoms with van der Waals surface area (Å²) in [6, 6.07) is 11.7. The molecule has 2 aromatic heterocycles. The van der Waals surface area contributed by atoms with Gasteiger partial charge in [-0.15, -0.1) is 0 Å². The molecule has 0 aliphatic carbocycles. The minimum atomic E-state index is -0.276. The van der Waals surface area contributed by atoms with Crippen molar-refractivity contribution in [3.05, 3.63) is 78.1 Å². The van der Waals surface area contributed by atoms with Crippen molar-refractivity contribution in [3.63, 3.8) is 0 Å². The molecule has 3 aromatic rings. The molecule has 2 heterocycles. The average Bonchev–Trinajstić information content (AvgIpc) is 3.07. The first-order chi connectivity index (χ1) is 12.1. The Balaban J connectivity index is 1.83. The fourth-order valence-corrected chi connectivity index (χ4v) is 2.75. The first kappa shape index (κ1) is 16.9. The number of nitrogens with one attached hydrogen (secondary N) is 1. The predicted molar refractivity (Wildman–Crippen MR) is 95.6 cm³/mol. The fourth-order valence-electron chi connectivity index (χ4n) is 2.75. The molecular weight excluding hydrogens is 317 g/mol. The third-order valence-electron chi connectivity index (χ3n) is 4.18. The number of nitrogens with zero attached hydrogens (tertiary/aromatic N) is 2. The van der Waals surface area contributed by atoms with Gasteiger partial charge in [-0.2, -0.15) is 0 Å². The molecule has 0 spiro atoms. The lowest BCUT2D eigenvalue weighted by Crippen LogP contribution is -2.28. The van der Waals surface area contributed by atoms with E-state index in [-0.39, 0.29) is 17.8 Å². The molecule has 0 bridgehead atoms. The van der Waals surface area contributed by atoms with Crippen molar-refractivity contribution in [2.45, 2.75) is 26.4 Å². The summed E-state index contributed by atoms with van der Waals surface area (Å²) < 4.78 is 15.0. The van der Waals surface area contributed by atoms with Crippen LogP contribution in [0.3, 0.4) is 0 Å². The maximum atomic E-state index is 13.1. The standard InChI is InChI=1S/C20H20FN3O/c1-3-24-13-17(15-6-8-18(21)9-7-15)11-19(24)20(25)23-14(2)16-5-4-10-22-12-16/h4-14H,3H2,1-2H3,(H,23,25). The first-order valence-corrected chi connectivity index (χ1v) is 8.25. The van der Waals surface area contributed by atoms with Gasteiger partial charge in [-0.25, -0.2) is 4.39 Å². The molecule has 0 fully saturated rings. The number of hydrogen-bond acceptors (Lipinski definition) is 2. The van der Waals surface area contributed by atoms with Crippen LogP contribution in [0.1, 0.15) is 35.9 Å². The van der Waals surface area contributed by atoms with E-state index in [1.807, 2.05) is 42.8 Å². The van der Waals surface area contributed by atoms with Gasteiger partial charge >= 0.3 is 0 Å². The highest BCUT2D eigenvalue weighted by atomic mass is 19.1. The molecule has 0 saturated carbocycles. The zero-order valence-corrected chi connectivity index (χ0v) is 14.2. The zero-order chi connectivity index (χ0) is 17.8. The average molecular weight is 337 g/mol. The highest BCUT2D eigenvalue weighted by molar-refractivity contribution is 5.94. The minimum Gasteiger partial charge on any atom is -0.344 e. The number of rotatable bonds is 5. The summed E-state index contributed by atoms with van der Waals surface area (Å²) in [5.74, 6) is -0.423. The van der Waals surface area contributed by atoms with Crippen LogP contribution in [0.4, 0.5) is 4.39 Å². The topological polar surface area (TPSA) is 46.9 Å². The number of carbonyl (C=O) groups is 1. The van der Waals surface area contributed by atoms with Crippen molar-refractivity contribution in [2.24, 2.45) is 0 Å². The number of pyridine rings is 1. The Morgan fingerprint density at radius 1 is 1.24 bits per heavy atom. The van der Waals surface area contributed by atoms with Gasteiger partial charge in [0.2, 0.25) is 0 Å². The van der Waals surface area contributed by atoms with Crippen LogP contribution in [0.25, 0.3) is 11.1 Å². The normalized spacial score (nSPS) is 12.0. The van der Waals surface area contributed by atoms with Crippen molar-refractivity contribution in [1.29, 1.82) is 0 Å². The zero-order valence-electron chi connectivity index (χ0n) is 14.2. The Hall–Kier alpha value is -2.95. The second kappa shape index (κ2) is 7.30. The van der Waals surface area contributed by atoms with E-state index in [0.29, 0.717) is 12.2 Å².